The highest BCUT2D eigenvalue weighted by atomic mass is 35.5. The molecule has 0 aliphatic carbocycles. The Kier molecular flexibility index (Phi) is 4.70. The van der Waals surface area contributed by atoms with Crippen LogP contribution in [0.5, 0.6) is 0 Å². The van der Waals surface area contributed by atoms with Crippen LogP contribution in [-0.4, -0.2) is 5.24 Å². The molecule has 0 saturated heterocycles. The lowest BCUT2D eigenvalue weighted by Gasteiger charge is -2.12. The number of rotatable bonds is 4. The second kappa shape index (κ2) is 6.28. The van der Waals surface area contributed by atoms with Crippen molar-refractivity contribution in [2.45, 2.75) is 10.1 Å². The second-order valence-corrected chi connectivity index (χ2v) is 5.66. The van der Waals surface area contributed by atoms with Crippen molar-refractivity contribution in [1.82, 2.24) is 0 Å². The summed E-state index contributed by atoms with van der Waals surface area (Å²) in [5.74, 6) is 0. The average molecular weight is 297 g/mol. The predicted molar refractivity (Wildman–Crippen MR) is 77.4 cm³/mol. The summed E-state index contributed by atoms with van der Waals surface area (Å²) in [6, 6.07) is 16.8. The summed E-state index contributed by atoms with van der Waals surface area (Å²) in [6.45, 7) is 0. The fourth-order valence-electron chi connectivity index (χ4n) is 1.55. The molecule has 0 aromatic heterocycles. The molecule has 0 fully saturated rings. The minimum atomic E-state index is -0.411. The second-order valence-electron chi connectivity index (χ2n) is 3.67. The summed E-state index contributed by atoms with van der Waals surface area (Å²) in [7, 11) is 0. The van der Waals surface area contributed by atoms with Gasteiger partial charge in [0.25, 0.3) is 0 Å². The minimum absolute atomic E-state index is 0.383. The van der Waals surface area contributed by atoms with Crippen molar-refractivity contribution in [1.29, 1.82) is 0 Å². The highest BCUT2D eigenvalue weighted by Crippen LogP contribution is 2.37. The molecular formula is C14H10Cl2OS. The molecule has 0 bridgehead atoms. The normalized spacial score (nSPS) is 12.1. The van der Waals surface area contributed by atoms with Gasteiger partial charge >= 0.3 is 0 Å². The molecule has 0 N–H and O–H groups in total. The van der Waals surface area contributed by atoms with Crippen molar-refractivity contribution in [3.8, 4) is 0 Å². The van der Waals surface area contributed by atoms with Crippen LogP contribution in [0.15, 0.2) is 59.5 Å². The maximum absolute atomic E-state index is 11.5. The molecule has 1 atom stereocenters. The Morgan fingerprint density at radius 2 is 1.78 bits per heavy atom. The van der Waals surface area contributed by atoms with Crippen molar-refractivity contribution in [3.05, 3.63) is 65.2 Å². The molecule has 2 aromatic carbocycles. The van der Waals surface area contributed by atoms with Gasteiger partial charge in [-0.05, 0) is 35.4 Å². The number of carbonyl (C=O) groups is 1. The van der Waals surface area contributed by atoms with Gasteiger partial charge in [0.1, 0.15) is 5.25 Å². The molecule has 0 aliphatic rings. The van der Waals surface area contributed by atoms with Crippen molar-refractivity contribution in [2.24, 2.45) is 0 Å². The van der Waals surface area contributed by atoms with E-state index in [1.807, 2.05) is 48.5 Å². The van der Waals surface area contributed by atoms with E-state index in [-0.39, 0.29) is 5.24 Å². The first-order valence-corrected chi connectivity index (χ1v) is 6.97. The van der Waals surface area contributed by atoms with Crippen LogP contribution in [-0.2, 0) is 4.79 Å². The zero-order valence-electron chi connectivity index (χ0n) is 9.35. The number of halogens is 2. The molecule has 0 amide bonds. The summed E-state index contributed by atoms with van der Waals surface area (Å²) in [6.07, 6.45) is 0. The van der Waals surface area contributed by atoms with Crippen molar-refractivity contribution in [2.75, 3.05) is 0 Å². The lowest BCUT2D eigenvalue weighted by Crippen LogP contribution is -2.02. The molecular weight excluding hydrogens is 287 g/mol. The fourth-order valence-corrected chi connectivity index (χ4v) is 3.07. The van der Waals surface area contributed by atoms with Gasteiger partial charge in [-0.1, -0.05) is 48.0 Å². The van der Waals surface area contributed by atoms with Crippen molar-refractivity contribution < 1.29 is 4.79 Å². The standard InChI is InChI=1S/C14H10Cl2OS/c15-11-7-4-8-12(9-11)18-13(14(16)17)10-5-2-1-3-6-10/h1-9,13H. The van der Waals surface area contributed by atoms with E-state index in [9.17, 15) is 4.79 Å². The van der Waals surface area contributed by atoms with Crippen LogP contribution in [0, 0.1) is 0 Å². The Hall–Kier alpha value is -0.960. The molecule has 0 spiro atoms. The zero-order valence-corrected chi connectivity index (χ0v) is 11.7. The smallest absolute Gasteiger partial charge is 0.239 e. The van der Waals surface area contributed by atoms with E-state index in [0.717, 1.165) is 10.5 Å². The molecule has 1 nitrogen and oxygen atoms in total. The molecule has 4 heteroatoms. The SMILES string of the molecule is O=C(Cl)C(Sc1cccc(Cl)c1)c1ccccc1. The first-order chi connectivity index (χ1) is 8.66. The van der Waals surface area contributed by atoms with Gasteiger partial charge in [-0.2, -0.15) is 0 Å². The maximum Gasteiger partial charge on any atom is 0.239 e. The monoisotopic (exact) mass is 296 g/mol. The molecule has 0 heterocycles. The Morgan fingerprint density at radius 3 is 2.39 bits per heavy atom. The molecule has 1 unspecified atom stereocenters. The summed E-state index contributed by atoms with van der Waals surface area (Å²) >= 11 is 13.0. The third-order valence-electron chi connectivity index (χ3n) is 2.36. The highest BCUT2D eigenvalue weighted by Gasteiger charge is 2.19. The maximum atomic E-state index is 11.5. The van der Waals surface area contributed by atoms with Crippen LogP contribution in [0.25, 0.3) is 0 Å². The van der Waals surface area contributed by atoms with Crippen LogP contribution in [0.3, 0.4) is 0 Å². The van der Waals surface area contributed by atoms with Gasteiger partial charge in [0.2, 0.25) is 5.24 Å². The number of benzene rings is 2. The van der Waals surface area contributed by atoms with Gasteiger partial charge in [-0.25, -0.2) is 0 Å². The first kappa shape index (κ1) is 13.5. The van der Waals surface area contributed by atoms with Gasteiger partial charge in [-0.3, -0.25) is 4.79 Å². The molecule has 18 heavy (non-hydrogen) atoms. The van der Waals surface area contributed by atoms with E-state index in [0.29, 0.717) is 5.02 Å². The lowest BCUT2D eigenvalue weighted by atomic mass is 10.2. The third-order valence-corrected chi connectivity index (χ3v) is 4.19. The van der Waals surface area contributed by atoms with E-state index in [4.69, 9.17) is 23.2 Å². The van der Waals surface area contributed by atoms with Crippen molar-refractivity contribution >= 4 is 40.2 Å². The largest absolute Gasteiger partial charge is 0.280 e. The molecule has 0 radical (unpaired) electrons. The van der Waals surface area contributed by atoms with Crippen LogP contribution < -0.4 is 0 Å². The van der Waals surface area contributed by atoms with Crippen molar-refractivity contribution in [3.63, 3.8) is 0 Å². The van der Waals surface area contributed by atoms with E-state index in [1.165, 1.54) is 11.8 Å². The Labute approximate surface area is 120 Å². The molecule has 2 aromatic rings. The number of carbonyl (C=O) groups excluding carboxylic acids is 1. The molecule has 0 aliphatic heterocycles. The number of hydrogen-bond acceptors (Lipinski definition) is 2. The van der Waals surface area contributed by atoms with Gasteiger partial charge in [0, 0.05) is 9.92 Å². The van der Waals surface area contributed by atoms with Gasteiger partial charge in [-0.15, -0.1) is 11.8 Å². The predicted octanol–water partition coefficient (Wildman–Crippen LogP) is 4.94. The van der Waals surface area contributed by atoms with E-state index in [1.54, 1.807) is 6.07 Å². The van der Waals surface area contributed by atoms with E-state index < -0.39 is 5.25 Å². The van der Waals surface area contributed by atoms with E-state index in [2.05, 4.69) is 0 Å². The summed E-state index contributed by atoms with van der Waals surface area (Å²) < 4.78 is 0. The molecule has 92 valence electrons. The zero-order chi connectivity index (χ0) is 13.0. The van der Waals surface area contributed by atoms with E-state index >= 15 is 0 Å². The summed E-state index contributed by atoms with van der Waals surface area (Å²) in [5, 5.41) is -0.147. The first-order valence-electron chi connectivity index (χ1n) is 5.33. The van der Waals surface area contributed by atoms with Gasteiger partial charge < -0.3 is 0 Å². The lowest BCUT2D eigenvalue weighted by molar-refractivity contribution is -0.111. The topological polar surface area (TPSA) is 17.1 Å². The third kappa shape index (κ3) is 3.52. The fraction of sp³-hybridized carbons (Fsp3) is 0.0714. The van der Waals surface area contributed by atoms with Gasteiger partial charge in [0.05, 0.1) is 0 Å². The number of hydrogen-bond donors (Lipinski definition) is 0. The minimum Gasteiger partial charge on any atom is -0.280 e. The Bertz CT molecular complexity index is 543. The number of thioether (sulfide) groups is 1. The highest BCUT2D eigenvalue weighted by molar-refractivity contribution is 8.00. The summed E-state index contributed by atoms with van der Waals surface area (Å²) in [4.78, 5) is 12.5. The average Bonchev–Trinajstić information content (AvgIpc) is 2.37. The molecule has 0 saturated carbocycles. The van der Waals surface area contributed by atoms with Crippen LogP contribution in [0.4, 0.5) is 0 Å². The quantitative estimate of drug-likeness (QED) is 0.587. The Balaban J connectivity index is 2.25. The Morgan fingerprint density at radius 1 is 1.06 bits per heavy atom. The van der Waals surface area contributed by atoms with Crippen LogP contribution in [0.1, 0.15) is 10.8 Å². The van der Waals surface area contributed by atoms with Crippen LogP contribution in [0.2, 0.25) is 5.02 Å². The summed E-state index contributed by atoms with van der Waals surface area (Å²) in [5.41, 5.74) is 0.891. The van der Waals surface area contributed by atoms with Gasteiger partial charge in [0.15, 0.2) is 0 Å². The van der Waals surface area contributed by atoms with Crippen LogP contribution >= 0.6 is 35.0 Å². The molecule has 2 rings (SSSR count).